The summed E-state index contributed by atoms with van der Waals surface area (Å²) >= 11 is 7.26. The van der Waals surface area contributed by atoms with E-state index in [1.807, 2.05) is 36.1 Å². The molecule has 0 radical (unpaired) electrons. The van der Waals surface area contributed by atoms with E-state index in [2.05, 4.69) is 6.92 Å². The summed E-state index contributed by atoms with van der Waals surface area (Å²) < 4.78 is 2.36. The van der Waals surface area contributed by atoms with Crippen molar-refractivity contribution in [3.8, 4) is 0 Å². The predicted octanol–water partition coefficient (Wildman–Crippen LogP) is 3.62. The average Bonchev–Trinajstić information content (AvgIpc) is 3.09. The number of aromatic nitrogens is 1. The highest BCUT2D eigenvalue weighted by Crippen LogP contribution is 2.16. The molecule has 5 nitrogen and oxygen atoms in total. The minimum atomic E-state index is -0.269. The van der Waals surface area contributed by atoms with Crippen molar-refractivity contribution in [2.24, 2.45) is 5.92 Å². The number of ketones is 1. The van der Waals surface area contributed by atoms with E-state index in [1.54, 1.807) is 30.3 Å². The lowest BCUT2D eigenvalue weighted by molar-refractivity contribution is -0.133. The maximum absolute atomic E-state index is 13.3. The summed E-state index contributed by atoms with van der Waals surface area (Å²) in [5.74, 6) is 0.236. The van der Waals surface area contributed by atoms with E-state index in [9.17, 15) is 14.4 Å². The fraction of sp³-hybridized carbons (Fsp3) is 0.296. The van der Waals surface area contributed by atoms with Crippen LogP contribution in [0.1, 0.15) is 41.3 Å². The Bertz CT molecular complexity index is 1380. The number of carbonyl (C=O) groups excluding carboxylic acids is 2. The largest absolute Gasteiger partial charge is 0.341 e. The van der Waals surface area contributed by atoms with E-state index in [-0.39, 0.29) is 23.8 Å². The molecule has 0 N–H and O–H groups in total. The highest BCUT2D eigenvalue weighted by Gasteiger charge is 2.21. The zero-order valence-electron chi connectivity index (χ0n) is 19.3. The molecule has 1 amide bonds. The number of carbonyl (C=O) groups is 2. The minimum Gasteiger partial charge on any atom is -0.341 e. The van der Waals surface area contributed by atoms with Crippen LogP contribution < -0.4 is 14.8 Å². The molecule has 1 fully saturated rings. The number of likely N-dealkylation sites (tertiary alicyclic amines) is 1. The van der Waals surface area contributed by atoms with Gasteiger partial charge in [-0.05, 0) is 49.5 Å². The number of Topliss-reactive ketones (excluding diaryl/α,β-unsaturated/α-hetero) is 1. The summed E-state index contributed by atoms with van der Waals surface area (Å²) in [4.78, 5) is 41.1. The lowest BCUT2D eigenvalue weighted by Gasteiger charge is -2.30. The van der Waals surface area contributed by atoms with Gasteiger partial charge in [-0.2, -0.15) is 0 Å². The normalized spacial score (nSPS) is 15.7. The Balaban J connectivity index is 1.75. The minimum absolute atomic E-state index is 0.0832. The Hall–Kier alpha value is -2.96. The van der Waals surface area contributed by atoms with Crippen LogP contribution in [0.25, 0.3) is 12.2 Å². The Morgan fingerprint density at radius 2 is 1.82 bits per heavy atom. The highest BCUT2D eigenvalue weighted by molar-refractivity contribution is 7.07. The zero-order valence-corrected chi connectivity index (χ0v) is 20.9. The number of piperidine rings is 1. The molecule has 1 aromatic heterocycles. The van der Waals surface area contributed by atoms with Crippen LogP contribution >= 0.6 is 22.9 Å². The van der Waals surface area contributed by atoms with Crippen LogP contribution in [0.4, 0.5) is 0 Å². The molecule has 1 saturated heterocycles. The van der Waals surface area contributed by atoms with Gasteiger partial charge in [0.1, 0.15) is 11.2 Å². The van der Waals surface area contributed by atoms with Gasteiger partial charge in [0.2, 0.25) is 5.91 Å². The summed E-state index contributed by atoms with van der Waals surface area (Å²) in [5.41, 5.74) is 2.18. The van der Waals surface area contributed by atoms with Gasteiger partial charge >= 0.3 is 0 Å². The molecular formula is C27H27ClN2O3S. The van der Waals surface area contributed by atoms with Gasteiger partial charge in [0.15, 0.2) is 5.78 Å². The van der Waals surface area contributed by atoms with Gasteiger partial charge in [0.25, 0.3) is 5.56 Å². The van der Waals surface area contributed by atoms with Gasteiger partial charge < -0.3 is 4.90 Å². The van der Waals surface area contributed by atoms with Crippen molar-refractivity contribution in [1.29, 1.82) is 0 Å². The molecule has 0 spiro atoms. The standard InChI is InChI=1S/C27H27ClN2O3S/c1-18-6-8-20(9-7-18)14-24-27(33)30(17-25(32)29-12-10-19(2)11-13-29)26(34-24)16-23(31)21-4-3-5-22(28)15-21/h3-9,14-16,19H,10-13,17H2,1-2H3/b24-14+,26-16-. The van der Waals surface area contributed by atoms with Crippen LogP contribution in [-0.4, -0.2) is 34.2 Å². The Morgan fingerprint density at radius 1 is 1.12 bits per heavy atom. The number of aryl methyl sites for hydroxylation is 1. The molecule has 3 aromatic rings. The van der Waals surface area contributed by atoms with E-state index < -0.39 is 0 Å². The van der Waals surface area contributed by atoms with Crippen molar-refractivity contribution in [2.45, 2.75) is 33.2 Å². The maximum Gasteiger partial charge on any atom is 0.269 e. The topological polar surface area (TPSA) is 59.4 Å². The third-order valence-electron chi connectivity index (χ3n) is 6.11. The van der Waals surface area contributed by atoms with Crippen molar-refractivity contribution in [3.63, 3.8) is 0 Å². The van der Waals surface area contributed by atoms with Crippen LogP contribution in [0.5, 0.6) is 0 Å². The average molecular weight is 495 g/mol. The summed E-state index contributed by atoms with van der Waals surface area (Å²) in [6.45, 7) is 5.50. The number of hydrogen-bond donors (Lipinski definition) is 0. The molecule has 0 unspecified atom stereocenters. The van der Waals surface area contributed by atoms with Crippen LogP contribution in [-0.2, 0) is 11.3 Å². The number of benzene rings is 2. The SMILES string of the molecule is Cc1ccc(/C=c2/s/c(=C\C(=O)c3cccc(Cl)c3)n(CC(=O)N3CCC(C)CC3)c2=O)cc1. The van der Waals surface area contributed by atoms with E-state index in [4.69, 9.17) is 11.6 Å². The molecule has 0 saturated carbocycles. The van der Waals surface area contributed by atoms with Crippen LogP contribution in [0.3, 0.4) is 0 Å². The molecule has 1 aliphatic heterocycles. The molecule has 2 aromatic carbocycles. The van der Waals surface area contributed by atoms with E-state index in [1.165, 1.54) is 22.0 Å². The Labute approximate surface area is 207 Å². The molecule has 4 rings (SSSR count). The molecule has 0 bridgehead atoms. The second-order valence-corrected chi connectivity index (χ2v) is 10.3. The lowest BCUT2D eigenvalue weighted by Crippen LogP contribution is -2.43. The molecular weight excluding hydrogens is 468 g/mol. The van der Waals surface area contributed by atoms with Gasteiger partial charge in [-0.15, -0.1) is 11.3 Å². The number of amides is 1. The van der Waals surface area contributed by atoms with Gasteiger partial charge in [-0.3, -0.25) is 19.0 Å². The van der Waals surface area contributed by atoms with Crippen molar-refractivity contribution in [1.82, 2.24) is 9.47 Å². The highest BCUT2D eigenvalue weighted by atomic mass is 35.5. The molecule has 2 heterocycles. The number of halogens is 1. The smallest absolute Gasteiger partial charge is 0.269 e. The Morgan fingerprint density at radius 3 is 2.50 bits per heavy atom. The first kappa shape index (κ1) is 24.2. The molecule has 176 valence electrons. The van der Waals surface area contributed by atoms with E-state index in [0.29, 0.717) is 38.8 Å². The van der Waals surface area contributed by atoms with Crippen LogP contribution in [0.15, 0.2) is 53.3 Å². The fourth-order valence-corrected chi connectivity index (χ4v) is 5.17. The summed E-state index contributed by atoms with van der Waals surface area (Å²) in [5, 5.41) is 0.464. The van der Waals surface area contributed by atoms with Crippen LogP contribution in [0.2, 0.25) is 5.02 Å². The quantitative estimate of drug-likeness (QED) is 0.509. The van der Waals surface area contributed by atoms with Gasteiger partial charge in [-0.1, -0.05) is 60.5 Å². The molecule has 34 heavy (non-hydrogen) atoms. The second-order valence-electron chi connectivity index (χ2n) is 8.83. The van der Waals surface area contributed by atoms with Crippen molar-refractivity contribution in [3.05, 3.63) is 89.8 Å². The first-order valence-corrected chi connectivity index (χ1v) is 12.6. The number of rotatable bonds is 5. The molecule has 1 aliphatic rings. The second kappa shape index (κ2) is 10.5. The first-order valence-electron chi connectivity index (χ1n) is 11.4. The summed E-state index contributed by atoms with van der Waals surface area (Å²) in [7, 11) is 0. The number of thiazole rings is 1. The zero-order chi connectivity index (χ0) is 24.2. The third kappa shape index (κ3) is 5.75. The van der Waals surface area contributed by atoms with Gasteiger partial charge in [0.05, 0.1) is 4.53 Å². The van der Waals surface area contributed by atoms with Gasteiger partial charge in [-0.25, -0.2) is 0 Å². The van der Waals surface area contributed by atoms with Crippen molar-refractivity contribution in [2.75, 3.05) is 13.1 Å². The molecule has 0 atom stereocenters. The number of nitrogens with zero attached hydrogens (tertiary/aromatic N) is 2. The summed E-state index contributed by atoms with van der Waals surface area (Å²) in [6, 6.07) is 14.5. The monoisotopic (exact) mass is 494 g/mol. The van der Waals surface area contributed by atoms with Crippen molar-refractivity contribution >= 4 is 46.8 Å². The third-order valence-corrected chi connectivity index (χ3v) is 7.40. The maximum atomic E-state index is 13.3. The van der Waals surface area contributed by atoms with Crippen LogP contribution in [0, 0.1) is 12.8 Å². The van der Waals surface area contributed by atoms with E-state index in [0.717, 1.165) is 24.0 Å². The molecule has 7 heteroatoms. The Kier molecular flexibility index (Phi) is 7.49. The predicted molar refractivity (Wildman–Crippen MR) is 138 cm³/mol. The molecule has 0 aliphatic carbocycles. The first-order chi connectivity index (χ1) is 16.3. The van der Waals surface area contributed by atoms with Crippen molar-refractivity contribution < 1.29 is 9.59 Å². The number of hydrogen-bond acceptors (Lipinski definition) is 4. The van der Waals surface area contributed by atoms with E-state index >= 15 is 0 Å². The lowest BCUT2D eigenvalue weighted by atomic mass is 9.99. The van der Waals surface area contributed by atoms with Gasteiger partial charge in [0, 0.05) is 29.8 Å². The fourth-order valence-electron chi connectivity index (χ4n) is 3.94. The summed E-state index contributed by atoms with van der Waals surface area (Å²) in [6.07, 6.45) is 5.15.